The van der Waals surface area contributed by atoms with E-state index in [2.05, 4.69) is 5.09 Å². The van der Waals surface area contributed by atoms with Crippen LogP contribution in [0, 0.1) is 0 Å². The third-order valence-corrected chi connectivity index (χ3v) is 4.63. The maximum absolute atomic E-state index is 12.3. The molecule has 1 atom stereocenters. The molecule has 0 saturated carbocycles. The van der Waals surface area contributed by atoms with Crippen LogP contribution in [0.5, 0.6) is 0 Å². The van der Waals surface area contributed by atoms with Gasteiger partial charge in [0.05, 0.1) is 6.61 Å². The van der Waals surface area contributed by atoms with Crippen molar-refractivity contribution in [1.82, 2.24) is 14.9 Å². The van der Waals surface area contributed by atoms with Crippen molar-refractivity contribution in [3.63, 3.8) is 0 Å². The lowest BCUT2D eigenvalue weighted by molar-refractivity contribution is 0.109. The Balaban J connectivity index is 1.99. The summed E-state index contributed by atoms with van der Waals surface area (Å²) in [7, 11) is -2.81. The van der Waals surface area contributed by atoms with Gasteiger partial charge in [-0.1, -0.05) is 0 Å². The smallest absolute Gasteiger partial charge is 0.305 e. The molecule has 0 aromatic carbocycles. The number of rotatable bonds is 4. The van der Waals surface area contributed by atoms with Gasteiger partial charge in [-0.3, -0.25) is 4.57 Å². The molecule has 0 aromatic rings. The number of nitrogens with zero attached hydrogens (tertiary/aromatic N) is 2. The second-order valence-electron chi connectivity index (χ2n) is 3.35. The Bertz CT molecular complexity index is 249. The third kappa shape index (κ3) is 2.30. The standard InChI is InChI=1S/C7H15ClN3O2P/c8-2-3-9-14(12)11(10-5-6-10)4-1-7-13-14/h1-7H2,(H,9,12). The van der Waals surface area contributed by atoms with E-state index in [4.69, 9.17) is 16.1 Å². The van der Waals surface area contributed by atoms with E-state index in [-0.39, 0.29) is 0 Å². The molecule has 0 aromatic heterocycles. The van der Waals surface area contributed by atoms with Crippen LogP contribution in [-0.4, -0.2) is 48.5 Å². The minimum absolute atomic E-state index is 0.446. The molecule has 1 N–H and O–H groups in total. The van der Waals surface area contributed by atoms with Crippen LogP contribution >= 0.6 is 19.3 Å². The van der Waals surface area contributed by atoms with E-state index >= 15 is 0 Å². The van der Waals surface area contributed by atoms with Crippen molar-refractivity contribution >= 4 is 19.3 Å². The Kier molecular flexibility index (Phi) is 3.47. The second kappa shape index (κ2) is 4.47. The maximum atomic E-state index is 12.3. The SMILES string of the molecule is O=P1(NCCCl)OCCCN1N1CC1. The van der Waals surface area contributed by atoms with Gasteiger partial charge in [0.15, 0.2) is 0 Å². The molecule has 82 valence electrons. The molecule has 2 aliphatic rings. The zero-order valence-electron chi connectivity index (χ0n) is 7.99. The topological polar surface area (TPSA) is 44.6 Å². The lowest BCUT2D eigenvalue weighted by Gasteiger charge is -2.35. The summed E-state index contributed by atoms with van der Waals surface area (Å²) < 4.78 is 19.5. The highest BCUT2D eigenvalue weighted by molar-refractivity contribution is 7.54. The lowest BCUT2D eigenvalue weighted by atomic mass is 10.5. The first kappa shape index (κ1) is 10.9. The van der Waals surface area contributed by atoms with Crippen molar-refractivity contribution in [2.45, 2.75) is 6.42 Å². The minimum atomic E-state index is -2.81. The zero-order valence-corrected chi connectivity index (χ0v) is 9.64. The number of hydrazine groups is 1. The second-order valence-corrected chi connectivity index (χ2v) is 5.81. The summed E-state index contributed by atoms with van der Waals surface area (Å²) in [6, 6.07) is 0. The first-order valence-electron chi connectivity index (χ1n) is 4.85. The molecular weight excluding hydrogens is 225 g/mol. The summed E-state index contributed by atoms with van der Waals surface area (Å²) in [5.74, 6) is 0.446. The third-order valence-electron chi connectivity index (χ3n) is 2.23. The Morgan fingerprint density at radius 3 is 2.86 bits per heavy atom. The van der Waals surface area contributed by atoms with Crippen molar-refractivity contribution in [1.29, 1.82) is 0 Å². The van der Waals surface area contributed by atoms with Gasteiger partial charge in [0.2, 0.25) is 0 Å². The number of alkyl halides is 1. The van der Waals surface area contributed by atoms with Crippen molar-refractivity contribution in [3.8, 4) is 0 Å². The first-order valence-corrected chi connectivity index (χ1v) is 6.96. The van der Waals surface area contributed by atoms with Gasteiger partial charge in [-0.05, 0) is 6.42 Å². The molecule has 14 heavy (non-hydrogen) atoms. The average molecular weight is 240 g/mol. The van der Waals surface area contributed by atoms with Gasteiger partial charge in [-0.25, -0.2) is 10.1 Å². The molecule has 0 bridgehead atoms. The van der Waals surface area contributed by atoms with Crippen molar-refractivity contribution in [2.75, 3.05) is 38.7 Å². The molecule has 0 amide bonds. The molecule has 7 heteroatoms. The Morgan fingerprint density at radius 1 is 1.43 bits per heavy atom. The molecule has 0 aliphatic carbocycles. The van der Waals surface area contributed by atoms with Crippen molar-refractivity contribution < 1.29 is 9.09 Å². The normalized spacial score (nSPS) is 34.6. The van der Waals surface area contributed by atoms with Gasteiger partial charge in [-0.2, -0.15) is 4.78 Å². The molecule has 0 spiro atoms. The number of hydrogen-bond acceptors (Lipinski definition) is 3. The van der Waals surface area contributed by atoms with Gasteiger partial charge in [0.1, 0.15) is 0 Å². The highest BCUT2D eigenvalue weighted by Crippen LogP contribution is 2.51. The van der Waals surface area contributed by atoms with E-state index < -0.39 is 7.67 Å². The molecule has 1 unspecified atom stereocenters. The molecule has 2 aliphatic heterocycles. The van der Waals surface area contributed by atoms with E-state index in [1.807, 2.05) is 9.79 Å². The largest absolute Gasteiger partial charge is 0.356 e. The molecule has 2 saturated heterocycles. The van der Waals surface area contributed by atoms with Crippen molar-refractivity contribution in [3.05, 3.63) is 0 Å². The highest BCUT2D eigenvalue weighted by atomic mass is 35.5. The average Bonchev–Trinajstić information content (AvgIpc) is 2.99. The highest BCUT2D eigenvalue weighted by Gasteiger charge is 2.42. The summed E-state index contributed by atoms with van der Waals surface area (Å²) in [6.45, 7) is 3.86. The summed E-state index contributed by atoms with van der Waals surface area (Å²) in [5.41, 5.74) is 0. The summed E-state index contributed by atoms with van der Waals surface area (Å²) >= 11 is 5.55. The van der Waals surface area contributed by atoms with Crippen LogP contribution in [0.1, 0.15) is 6.42 Å². The molecular formula is C7H15ClN3O2P. The Labute approximate surface area is 88.9 Å². The van der Waals surface area contributed by atoms with Gasteiger partial charge in [0.25, 0.3) is 0 Å². The van der Waals surface area contributed by atoms with Crippen molar-refractivity contribution in [2.24, 2.45) is 0 Å². The van der Waals surface area contributed by atoms with E-state index in [0.717, 1.165) is 26.1 Å². The maximum Gasteiger partial charge on any atom is 0.356 e. The molecule has 2 heterocycles. The fourth-order valence-electron chi connectivity index (χ4n) is 1.49. The van der Waals surface area contributed by atoms with E-state index in [1.54, 1.807) is 0 Å². The fourth-order valence-corrected chi connectivity index (χ4v) is 3.79. The minimum Gasteiger partial charge on any atom is -0.305 e. The molecule has 5 nitrogen and oxygen atoms in total. The molecule has 2 rings (SSSR count). The van der Waals surface area contributed by atoms with E-state index in [1.165, 1.54) is 0 Å². The molecule has 0 radical (unpaired) electrons. The van der Waals surface area contributed by atoms with Crippen LogP contribution in [0.4, 0.5) is 0 Å². The van der Waals surface area contributed by atoms with Crippen LogP contribution < -0.4 is 5.09 Å². The summed E-state index contributed by atoms with van der Waals surface area (Å²) in [5, 5.41) is 4.95. The number of nitrogens with one attached hydrogen (secondary N) is 1. The van der Waals surface area contributed by atoms with E-state index in [0.29, 0.717) is 19.0 Å². The van der Waals surface area contributed by atoms with Gasteiger partial charge < -0.3 is 4.52 Å². The predicted octanol–water partition coefficient (Wildman–Crippen LogP) is 0.876. The van der Waals surface area contributed by atoms with Gasteiger partial charge >= 0.3 is 7.67 Å². The van der Waals surface area contributed by atoms with Crippen LogP contribution in [0.3, 0.4) is 0 Å². The molecule has 2 fully saturated rings. The summed E-state index contributed by atoms with van der Waals surface area (Å²) in [6.07, 6.45) is 0.934. The van der Waals surface area contributed by atoms with Crippen LogP contribution in [0.15, 0.2) is 0 Å². The lowest BCUT2D eigenvalue weighted by Crippen LogP contribution is -2.38. The van der Waals surface area contributed by atoms with Crippen LogP contribution in [0.25, 0.3) is 0 Å². The van der Waals surface area contributed by atoms with Gasteiger partial charge in [0, 0.05) is 32.1 Å². The zero-order chi connectivity index (χ0) is 10.0. The van der Waals surface area contributed by atoms with E-state index in [9.17, 15) is 4.57 Å². The number of halogens is 1. The fraction of sp³-hybridized carbons (Fsp3) is 1.00. The first-order chi connectivity index (χ1) is 6.76. The monoisotopic (exact) mass is 239 g/mol. The number of hydrogen-bond donors (Lipinski definition) is 1. The Hall–Kier alpha value is 0.360. The van der Waals surface area contributed by atoms with Gasteiger partial charge in [-0.15, -0.1) is 11.6 Å². The van der Waals surface area contributed by atoms with Crippen LogP contribution in [0.2, 0.25) is 0 Å². The quantitative estimate of drug-likeness (QED) is 0.448. The van der Waals surface area contributed by atoms with Crippen LogP contribution in [-0.2, 0) is 9.09 Å². The Morgan fingerprint density at radius 2 is 2.21 bits per heavy atom. The predicted molar refractivity (Wildman–Crippen MR) is 55.2 cm³/mol. The summed E-state index contributed by atoms with van der Waals surface area (Å²) in [4.78, 5) is 0.